The zero-order valence-corrected chi connectivity index (χ0v) is 44.9. The van der Waals surface area contributed by atoms with E-state index in [0.29, 0.717) is 42.6 Å². The Morgan fingerprint density at radius 2 is 0.827 bits per heavy atom. The predicted molar refractivity (Wildman–Crippen MR) is 284 cm³/mol. The van der Waals surface area contributed by atoms with Crippen LogP contribution in [0.2, 0.25) is 0 Å². The van der Waals surface area contributed by atoms with Gasteiger partial charge in [-0.1, -0.05) is 172 Å². The van der Waals surface area contributed by atoms with Crippen LogP contribution in [0.3, 0.4) is 0 Å². The number of carbonyl (C=O) groups excluding carboxylic acids is 6. The number of aryl methyl sites for hydroxylation is 1. The van der Waals surface area contributed by atoms with Crippen molar-refractivity contribution in [3.05, 3.63) is 129 Å². The summed E-state index contributed by atoms with van der Waals surface area (Å²) in [7, 11) is 0. The van der Waals surface area contributed by atoms with E-state index in [-0.39, 0.29) is 62.4 Å². The lowest BCUT2D eigenvalue weighted by Gasteiger charge is -2.39. The van der Waals surface area contributed by atoms with Crippen LogP contribution in [0, 0.1) is 6.92 Å². The SMILES string of the molecule is Cc1ccc(CN2C(=O)N(C(C(=O)Nc3c(C(C)C)cccc3C(C)C)C(C(=O)Nc3c(C(C)C)cccc3C(C)C)N3C(=O)N(Cc4ccc(C(F)(F)F)cc4)C4(CCCCC4)C3=O)C(=O)C23CCCCC3)cc1. The quantitative estimate of drug-likeness (QED) is 0.114. The summed E-state index contributed by atoms with van der Waals surface area (Å²) in [6, 6.07) is 17.2. The Balaban J connectivity index is 1.38. The van der Waals surface area contributed by atoms with E-state index in [2.05, 4.69) is 10.6 Å². The number of para-hydroxylation sites is 2. The van der Waals surface area contributed by atoms with Gasteiger partial charge in [0, 0.05) is 24.5 Å². The van der Waals surface area contributed by atoms with Crippen LogP contribution >= 0.6 is 0 Å². The summed E-state index contributed by atoms with van der Waals surface area (Å²) < 4.78 is 41.5. The number of anilines is 2. The molecule has 2 aliphatic carbocycles. The van der Waals surface area contributed by atoms with Crippen molar-refractivity contribution in [3.63, 3.8) is 0 Å². The van der Waals surface area contributed by atoms with Crippen LogP contribution in [0.1, 0.15) is 188 Å². The van der Waals surface area contributed by atoms with Crippen LogP contribution in [0.25, 0.3) is 0 Å². The number of benzene rings is 4. The van der Waals surface area contributed by atoms with Crippen molar-refractivity contribution >= 4 is 47.1 Å². The molecule has 2 saturated carbocycles. The molecule has 0 bridgehead atoms. The monoisotopic (exact) mass is 1030 g/mol. The lowest BCUT2D eigenvalue weighted by Crippen LogP contribution is -2.65. The summed E-state index contributed by atoms with van der Waals surface area (Å²) >= 11 is 0. The van der Waals surface area contributed by atoms with Crippen LogP contribution in [0.5, 0.6) is 0 Å². The molecule has 2 aliphatic heterocycles. The summed E-state index contributed by atoms with van der Waals surface area (Å²) in [6.07, 6.45) is 0.0542. The molecular formula is C60H73F3N6O6. The Morgan fingerprint density at radius 1 is 0.507 bits per heavy atom. The Bertz CT molecular complexity index is 2760. The van der Waals surface area contributed by atoms with Crippen LogP contribution in [-0.2, 0) is 38.4 Å². The molecule has 15 heteroatoms. The third-order valence-electron chi connectivity index (χ3n) is 16.2. The molecule has 0 radical (unpaired) electrons. The minimum absolute atomic E-state index is 0.00530. The van der Waals surface area contributed by atoms with Gasteiger partial charge in [-0.15, -0.1) is 0 Å². The molecule has 2 spiro atoms. The van der Waals surface area contributed by atoms with E-state index in [0.717, 1.165) is 68.2 Å². The number of nitrogens with zero attached hydrogens (tertiary/aromatic N) is 4. The van der Waals surface area contributed by atoms with Crippen molar-refractivity contribution < 1.29 is 41.9 Å². The summed E-state index contributed by atoms with van der Waals surface area (Å²) in [4.78, 5) is 101. The van der Waals surface area contributed by atoms with Crippen LogP contribution in [0.15, 0.2) is 84.9 Å². The minimum atomic E-state index is -4.62. The largest absolute Gasteiger partial charge is 0.416 e. The molecule has 2 atom stereocenters. The number of alkyl halides is 3. The van der Waals surface area contributed by atoms with Crippen molar-refractivity contribution in [3.8, 4) is 0 Å². The third kappa shape index (κ3) is 10.3. The Morgan fingerprint density at radius 3 is 1.13 bits per heavy atom. The first-order valence-corrected chi connectivity index (χ1v) is 26.9. The highest BCUT2D eigenvalue weighted by Gasteiger charge is 2.66. The van der Waals surface area contributed by atoms with Gasteiger partial charge in [-0.25, -0.2) is 19.4 Å². The van der Waals surface area contributed by atoms with E-state index >= 15 is 28.8 Å². The van der Waals surface area contributed by atoms with E-state index < -0.39 is 70.6 Å². The topological polar surface area (TPSA) is 139 Å². The number of hydrogen-bond acceptors (Lipinski definition) is 6. The zero-order chi connectivity index (χ0) is 54.3. The number of imide groups is 2. The standard InChI is InChI=1S/C60H73F3N6O6/c1-36(2)44-18-16-19-45(37(3)4)48(44)64-52(70)50(68-54(72)58(30-12-10-13-31-58)66(56(68)74)34-41-24-22-40(9)23-25-41)51(53(71)65-49-46(38(5)6)20-17-21-47(49)39(7)8)69-55(73)59(32-14-11-15-33-59)67(57(69)75)35-42-26-28-43(29-27-42)60(61,62)63/h16-29,36-39,50-51H,10-15,30-35H2,1-9H3,(H,64,70)(H,65,71). The molecule has 12 nitrogen and oxygen atoms in total. The Kier molecular flexibility index (Phi) is 15.8. The first kappa shape index (κ1) is 54.7. The van der Waals surface area contributed by atoms with Gasteiger partial charge in [-0.3, -0.25) is 19.2 Å². The van der Waals surface area contributed by atoms with Gasteiger partial charge in [0.1, 0.15) is 11.1 Å². The van der Waals surface area contributed by atoms with Crippen LogP contribution in [-0.4, -0.2) is 78.5 Å². The van der Waals surface area contributed by atoms with Crippen molar-refractivity contribution in [2.75, 3.05) is 10.6 Å². The lowest BCUT2D eigenvalue weighted by molar-refractivity contribution is -0.147. The first-order valence-electron chi connectivity index (χ1n) is 26.9. The van der Waals surface area contributed by atoms with Gasteiger partial charge in [-0.2, -0.15) is 13.2 Å². The highest BCUT2D eigenvalue weighted by atomic mass is 19.4. The molecular weight excluding hydrogens is 958 g/mol. The van der Waals surface area contributed by atoms with Gasteiger partial charge in [0.15, 0.2) is 12.1 Å². The molecule has 4 aromatic rings. The average molecular weight is 1030 g/mol. The van der Waals surface area contributed by atoms with Crippen LogP contribution < -0.4 is 10.6 Å². The van der Waals surface area contributed by atoms with E-state index in [4.69, 9.17) is 0 Å². The first-order chi connectivity index (χ1) is 35.5. The molecule has 4 aromatic carbocycles. The fourth-order valence-corrected chi connectivity index (χ4v) is 12.1. The molecule has 75 heavy (non-hydrogen) atoms. The zero-order valence-electron chi connectivity index (χ0n) is 44.9. The fourth-order valence-electron chi connectivity index (χ4n) is 12.1. The Labute approximate surface area is 439 Å². The maximum atomic E-state index is 16.3. The molecule has 4 fully saturated rings. The lowest BCUT2D eigenvalue weighted by atomic mass is 9.79. The smallest absolute Gasteiger partial charge is 0.324 e. The van der Waals surface area contributed by atoms with Gasteiger partial charge in [0.05, 0.1) is 5.56 Å². The van der Waals surface area contributed by atoms with Crippen molar-refractivity contribution in [1.82, 2.24) is 19.6 Å². The maximum Gasteiger partial charge on any atom is 0.416 e. The molecule has 0 aromatic heterocycles. The second-order valence-corrected chi connectivity index (χ2v) is 22.6. The summed E-state index contributed by atoms with van der Waals surface area (Å²) in [6.45, 7) is 17.4. The molecule has 400 valence electrons. The van der Waals surface area contributed by atoms with E-state index in [1.54, 1.807) is 0 Å². The number of carbonyl (C=O) groups is 6. The van der Waals surface area contributed by atoms with Crippen molar-refractivity contribution in [2.24, 2.45) is 0 Å². The second kappa shape index (κ2) is 21.6. The van der Waals surface area contributed by atoms with E-state index in [1.165, 1.54) is 21.9 Å². The van der Waals surface area contributed by atoms with E-state index in [1.807, 2.05) is 123 Å². The molecule has 2 N–H and O–H groups in total. The van der Waals surface area contributed by atoms with Crippen molar-refractivity contribution in [2.45, 2.75) is 193 Å². The maximum absolute atomic E-state index is 16.3. The summed E-state index contributed by atoms with van der Waals surface area (Å²) in [5.41, 5.74) is 1.99. The predicted octanol–water partition coefficient (Wildman–Crippen LogP) is 13.2. The second-order valence-electron chi connectivity index (χ2n) is 22.6. The summed E-state index contributed by atoms with van der Waals surface area (Å²) in [5, 5.41) is 6.26. The highest BCUT2D eigenvalue weighted by molar-refractivity contribution is 6.17. The molecule has 2 saturated heterocycles. The molecule has 8 amide bonds. The normalized spacial score (nSPS) is 18.7. The third-order valence-corrected chi connectivity index (χ3v) is 16.2. The molecule has 4 aliphatic rings. The molecule has 8 rings (SSSR count). The van der Waals surface area contributed by atoms with Crippen molar-refractivity contribution in [1.29, 1.82) is 0 Å². The number of rotatable bonds is 15. The number of amides is 8. The van der Waals surface area contributed by atoms with Gasteiger partial charge in [-0.05, 0) is 102 Å². The van der Waals surface area contributed by atoms with Gasteiger partial charge in [0.2, 0.25) is 11.8 Å². The van der Waals surface area contributed by atoms with Gasteiger partial charge in [0.25, 0.3) is 11.8 Å². The number of nitrogens with one attached hydrogen (secondary N) is 2. The number of halogens is 3. The Hall–Kier alpha value is -6.51. The minimum Gasteiger partial charge on any atom is -0.324 e. The fraction of sp³-hybridized carbons (Fsp3) is 0.500. The molecule has 2 heterocycles. The number of hydrogen-bond donors (Lipinski definition) is 2. The van der Waals surface area contributed by atoms with Gasteiger partial charge >= 0.3 is 18.2 Å². The van der Waals surface area contributed by atoms with Gasteiger partial charge < -0.3 is 20.4 Å². The number of urea groups is 2. The highest BCUT2D eigenvalue weighted by Crippen LogP contribution is 2.47. The molecule has 2 unspecified atom stereocenters. The summed E-state index contributed by atoms with van der Waals surface area (Å²) in [5.74, 6) is -3.93. The van der Waals surface area contributed by atoms with E-state index in [9.17, 15) is 13.2 Å². The average Bonchev–Trinajstić information content (AvgIpc) is 3.68. The van der Waals surface area contributed by atoms with Crippen LogP contribution in [0.4, 0.5) is 34.1 Å².